The van der Waals surface area contributed by atoms with Crippen LogP contribution in [0.3, 0.4) is 0 Å². The Hall–Kier alpha value is -1.79. The van der Waals surface area contributed by atoms with Crippen LogP contribution in [0.2, 0.25) is 0 Å². The smallest absolute Gasteiger partial charge is 0.244 e. The summed E-state index contributed by atoms with van der Waals surface area (Å²) in [6, 6.07) is -0.607. The van der Waals surface area contributed by atoms with Gasteiger partial charge >= 0.3 is 6.03 Å². The maximum atomic E-state index is 10.4. The average Bonchev–Trinajstić information content (AvgIpc) is 2.27. The highest BCUT2D eigenvalue weighted by Gasteiger charge is 2.05. The van der Waals surface area contributed by atoms with Crippen LogP contribution in [0.5, 0.6) is 0 Å². The largest absolute Gasteiger partial charge is 0.371 e. The van der Waals surface area contributed by atoms with Gasteiger partial charge in [0.05, 0.1) is 0 Å². The summed E-state index contributed by atoms with van der Waals surface area (Å²) in [5.74, 6) is 0. The normalized spacial score (nSPS) is 13.8. The number of hydrogen-bond acceptors (Lipinski definition) is 5. The van der Waals surface area contributed by atoms with Gasteiger partial charge < -0.3 is 0 Å². The molecule has 1 aromatic heterocycles. The van der Waals surface area contributed by atoms with E-state index in [1.54, 1.807) is 0 Å². The summed E-state index contributed by atoms with van der Waals surface area (Å²) in [7, 11) is 0. The number of aromatic nitrogens is 4. The molecular formula is C3N6O. The fourth-order valence-corrected chi connectivity index (χ4v) is 0.565. The lowest BCUT2D eigenvalue weighted by Crippen LogP contribution is -2.31. The van der Waals surface area contributed by atoms with Gasteiger partial charge in [-0.05, 0) is 10.4 Å². The SMILES string of the molecule is O=C1N=c2nnnnc2=N1. The van der Waals surface area contributed by atoms with Gasteiger partial charge in [0, 0.05) is 0 Å². The van der Waals surface area contributed by atoms with Gasteiger partial charge in [0.15, 0.2) is 0 Å². The molecule has 0 atom stereocenters. The summed E-state index contributed by atoms with van der Waals surface area (Å²) in [4.78, 5) is 17.2. The molecule has 0 saturated carbocycles. The molecule has 0 N–H and O–H groups in total. The zero-order valence-corrected chi connectivity index (χ0v) is 4.59. The van der Waals surface area contributed by atoms with Crippen LogP contribution in [-0.2, 0) is 0 Å². The Kier molecular flexibility index (Phi) is 0.802. The minimum Gasteiger partial charge on any atom is -0.244 e. The second kappa shape index (κ2) is 1.59. The lowest BCUT2D eigenvalue weighted by Gasteiger charge is -1.71. The molecule has 0 saturated heterocycles. The summed E-state index contributed by atoms with van der Waals surface area (Å²) < 4.78 is 0. The molecule has 7 heteroatoms. The minimum absolute atomic E-state index is 0.139. The highest BCUT2D eigenvalue weighted by molar-refractivity contribution is 5.76. The van der Waals surface area contributed by atoms with E-state index >= 15 is 0 Å². The van der Waals surface area contributed by atoms with Gasteiger partial charge in [-0.1, -0.05) is 0 Å². The Morgan fingerprint density at radius 2 is 1.40 bits per heavy atom. The van der Waals surface area contributed by atoms with Crippen LogP contribution < -0.4 is 11.0 Å². The molecule has 0 radical (unpaired) electrons. The second-order valence-corrected chi connectivity index (χ2v) is 1.53. The molecule has 10 heavy (non-hydrogen) atoms. The molecule has 0 fully saturated rings. The number of carbonyl (C=O) groups is 1. The van der Waals surface area contributed by atoms with Gasteiger partial charge in [-0.2, -0.15) is 9.98 Å². The van der Waals surface area contributed by atoms with Gasteiger partial charge in [-0.15, -0.1) is 10.2 Å². The van der Waals surface area contributed by atoms with Crippen LogP contribution in [0.4, 0.5) is 4.79 Å². The quantitative estimate of drug-likeness (QED) is 0.397. The lowest BCUT2D eigenvalue weighted by atomic mass is 10.8. The number of fused-ring (bicyclic) bond motifs is 1. The molecule has 0 unspecified atom stereocenters. The van der Waals surface area contributed by atoms with Crippen LogP contribution in [0.25, 0.3) is 0 Å². The third kappa shape index (κ3) is 0.569. The molecule has 1 aromatic rings. The summed E-state index contributed by atoms with van der Waals surface area (Å²) in [5, 5.41) is 13.2. The fraction of sp³-hybridized carbons (Fsp3) is 0. The molecule has 0 bridgehead atoms. The Morgan fingerprint density at radius 3 is 1.90 bits per heavy atom. The number of amides is 2. The maximum absolute atomic E-state index is 10.4. The number of urea groups is 1. The molecule has 1 aliphatic heterocycles. The monoisotopic (exact) mass is 136 g/mol. The summed E-state index contributed by atoms with van der Waals surface area (Å²) in [6.45, 7) is 0. The van der Waals surface area contributed by atoms with E-state index < -0.39 is 6.03 Å². The highest BCUT2D eigenvalue weighted by atomic mass is 16.2. The highest BCUT2D eigenvalue weighted by Crippen LogP contribution is 1.77. The minimum atomic E-state index is -0.607. The van der Waals surface area contributed by atoms with Crippen molar-refractivity contribution in [1.82, 2.24) is 20.6 Å². The molecule has 48 valence electrons. The lowest BCUT2D eigenvalue weighted by molar-refractivity contribution is 0.256. The molecule has 2 amide bonds. The number of hydrogen-bond donors (Lipinski definition) is 0. The number of carbonyl (C=O) groups excluding carboxylic acids is 1. The summed E-state index contributed by atoms with van der Waals surface area (Å²) in [5.41, 5.74) is 0.278. The van der Waals surface area contributed by atoms with Crippen LogP contribution in [0, 0.1) is 0 Å². The van der Waals surface area contributed by atoms with E-state index in [1.807, 2.05) is 0 Å². The van der Waals surface area contributed by atoms with Crippen molar-refractivity contribution in [1.29, 1.82) is 0 Å². The first-order chi connectivity index (χ1) is 4.86. The Morgan fingerprint density at radius 1 is 0.900 bits per heavy atom. The van der Waals surface area contributed by atoms with E-state index in [-0.39, 0.29) is 11.0 Å². The van der Waals surface area contributed by atoms with E-state index in [1.165, 1.54) is 0 Å². The van der Waals surface area contributed by atoms with Crippen LogP contribution >= 0.6 is 0 Å². The molecular weight excluding hydrogens is 136 g/mol. The topological polar surface area (TPSA) is 93.3 Å². The molecule has 0 aromatic carbocycles. The Labute approximate surface area is 53.5 Å². The first-order valence-electron chi connectivity index (χ1n) is 2.40. The molecule has 0 spiro atoms. The van der Waals surface area contributed by atoms with Gasteiger partial charge in [0.1, 0.15) is 0 Å². The van der Waals surface area contributed by atoms with Gasteiger partial charge in [0.25, 0.3) is 0 Å². The van der Waals surface area contributed by atoms with Crippen molar-refractivity contribution in [2.75, 3.05) is 0 Å². The molecule has 2 heterocycles. The first-order valence-corrected chi connectivity index (χ1v) is 2.40. The average molecular weight is 136 g/mol. The van der Waals surface area contributed by atoms with E-state index in [2.05, 4.69) is 30.6 Å². The van der Waals surface area contributed by atoms with E-state index in [0.29, 0.717) is 0 Å². The van der Waals surface area contributed by atoms with Crippen LogP contribution in [-0.4, -0.2) is 26.7 Å². The number of rotatable bonds is 0. The molecule has 1 aliphatic rings. The zero-order valence-electron chi connectivity index (χ0n) is 4.59. The van der Waals surface area contributed by atoms with Crippen LogP contribution in [0.15, 0.2) is 9.98 Å². The molecule has 0 aliphatic carbocycles. The zero-order chi connectivity index (χ0) is 6.97. The van der Waals surface area contributed by atoms with Crippen molar-refractivity contribution in [3.63, 3.8) is 0 Å². The van der Waals surface area contributed by atoms with Crippen molar-refractivity contribution >= 4 is 6.03 Å². The van der Waals surface area contributed by atoms with Gasteiger partial charge in [-0.3, -0.25) is 0 Å². The van der Waals surface area contributed by atoms with Crippen molar-refractivity contribution in [3.8, 4) is 0 Å². The third-order valence-electron chi connectivity index (χ3n) is 0.922. The molecule has 7 nitrogen and oxygen atoms in total. The standard InChI is InChI=1S/C3N6O/c10-3-4-1-2(5-3)7-9-8-6-1. The Balaban J connectivity index is 2.96. The van der Waals surface area contributed by atoms with Crippen molar-refractivity contribution in [3.05, 3.63) is 11.0 Å². The van der Waals surface area contributed by atoms with Crippen molar-refractivity contribution < 1.29 is 4.79 Å². The maximum Gasteiger partial charge on any atom is 0.371 e. The van der Waals surface area contributed by atoms with Gasteiger partial charge in [0.2, 0.25) is 11.0 Å². The number of nitrogens with zero attached hydrogens (tertiary/aromatic N) is 6. The summed E-state index contributed by atoms with van der Waals surface area (Å²) >= 11 is 0. The first kappa shape index (κ1) is 5.03. The van der Waals surface area contributed by atoms with E-state index in [0.717, 1.165) is 0 Å². The predicted octanol–water partition coefficient (Wildman–Crippen LogP) is -2.36. The van der Waals surface area contributed by atoms with Crippen molar-refractivity contribution in [2.45, 2.75) is 0 Å². The fourth-order valence-electron chi connectivity index (χ4n) is 0.565. The van der Waals surface area contributed by atoms with E-state index in [4.69, 9.17) is 0 Å². The van der Waals surface area contributed by atoms with Crippen molar-refractivity contribution in [2.24, 2.45) is 9.98 Å². The Bertz CT molecular complexity index is 359. The summed E-state index contributed by atoms with van der Waals surface area (Å²) in [6.07, 6.45) is 0. The molecule has 2 rings (SSSR count). The third-order valence-corrected chi connectivity index (χ3v) is 0.922. The van der Waals surface area contributed by atoms with Gasteiger partial charge in [-0.25, -0.2) is 4.79 Å². The second-order valence-electron chi connectivity index (χ2n) is 1.53. The van der Waals surface area contributed by atoms with Crippen LogP contribution in [0.1, 0.15) is 0 Å². The predicted molar refractivity (Wildman–Crippen MR) is 25.3 cm³/mol. The van der Waals surface area contributed by atoms with E-state index in [9.17, 15) is 4.79 Å².